The number of anilines is 1. The highest BCUT2D eigenvalue weighted by Gasteiger charge is 2.36. The van der Waals surface area contributed by atoms with E-state index in [0.717, 1.165) is 50.1 Å². The minimum absolute atomic E-state index is 0.0955. The van der Waals surface area contributed by atoms with Crippen LogP contribution in [-0.4, -0.2) is 43.7 Å². The summed E-state index contributed by atoms with van der Waals surface area (Å²) in [5, 5.41) is 3.45. The van der Waals surface area contributed by atoms with Gasteiger partial charge in [-0.3, -0.25) is 0 Å². The highest BCUT2D eigenvalue weighted by atomic mass is 28.3. The summed E-state index contributed by atoms with van der Waals surface area (Å²) in [5.41, 5.74) is 0.395. The van der Waals surface area contributed by atoms with Crippen LogP contribution in [0.4, 0.5) is 5.95 Å². The van der Waals surface area contributed by atoms with Gasteiger partial charge in [-0.1, -0.05) is 31.1 Å². The molecule has 1 aromatic heterocycles. The van der Waals surface area contributed by atoms with Crippen molar-refractivity contribution in [1.82, 2.24) is 15.3 Å². The fourth-order valence-electron chi connectivity index (χ4n) is 3.94. The molecule has 0 bridgehead atoms. The normalized spacial score (nSPS) is 18.1. The van der Waals surface area contributed by atoms with Gasteiger partial charge in [0.05, 0.1) is 8.07 Å². The Balaban J connectivity index is 2.29. The van der Waals surface area contributed by atoms with E-state index < -0.39 is 8.07 Å². The van der Waals surface area contributed by atoms with Crippen LogP contribution in [0.3, 0.4) is 0 Å². The summed E-state index contributed by atoms with van der Waals surface area (Å²) >= 11 is 0. The summed E-state index contributed by atoms with van der Waals surface area (Å²) < 4.78 is 0. The zero-order valence-electron chi connectivity index (χ0n) is 16.5. The number of hydrogen-bond acceptors (Lipinski definition) is 4. The summed E-state index contributed by atoms with van der Waals surface area (Å²) in [6.45, 7) is 16.9. The molecule has 4 nitrogen and oxygen atoms in total. The molecule has 2 unspecified atom stereocenters. The van der Waals surface area contributed by atoms with Crippen LogP contribution in [0.1, 0.15) is 13.3 Å². The molecular weight excluding hydrogens is 348 g/mol. The molecule has 1 aliphatic rings. The molecule has 2 atom stereocenters. The minimum atomic E-state index is -1.71. The molecule has 1 saturated heterocycles. The predicted molar refractivity (Wildman–Crippen MR) is 119 cm³/mol. The molecule has 1 aromatic rings. The summed E-state index contributed by atoms with van der Waals surface area (Å²) in [5.74, 6) is 7.99. The summed E-state index contributed by atoms with van der Waals surface area (Å²) in [7, 11) is -1.71. The molecule has 0 radical (unpaired) electrons. The maximum absolute atomic E-state index is 4.43. The smallest absolute Gasteiger partial charge is 0.226 e. The SMILES string of the molecule is C=CC[Si](CC=C)(CC=C)C(C#CC1CNCCN1c1ncccn1)CC. The second-order valence-electron chi connectivity index (χ2n) is 7.05. The predicted octanol–water partition coefficient (Wildman–Crippen LogP) is 4.05. The Morgan fingerprint density at radius 2 is 1.85 bits per heavy atom. The first-order valence-corrected chi connectivity index (χ1v) is 12.5. The summed E-state index contributed by atoms with van der Waals surface area (Å²) in [4.78, 5) is 11.1. The zero-order chi connectivity index (χ0) is 19.5. The van der Waals surface area contributed by atoms with Gasteiger partial charge in [0.15, 0.2) is 0 Å². The molecule has 27 heavy (non-hydrogen) atoms. The van der Waals surface area contributed by atoms with Crippen LogP contribution in [0.25, 0.3) is 0 Å². The van der Waals surface area contributed by atoms with Gasteiger partial charge in [-0.15, -0.1) is 25.7 Å². The van der Waals surface area contributed by atoms with Gasteiger partial charge < -0.3 is 10.2 Å². The lowest BCUT2D eigenvalue weighted by molar-refractivity contribution is 0.529. The maximum Gasteiger partial charge on any atom is 0.226 e. The number of piperazine rings is 1. The summed E-state index contributed by atoms with van der Waals surface area (Å²) in [6.07, 6.45) is 10.8. The molecule has 0 aromatic carbocycles. The number of rotatable bonds is 9. The van der Waals surface area contributed by atoms with Gasteiger partial charge in [-0.25, -0.2) is 9.97 Å². The average molecular weight is 381 g/mol. The Kier molecular flexibility index (Phi) is 8.50. The van der Waals surface area contributed by atoms with Gasteiger partial charge in [0.25, 0.3) is 0 Å². The van der Waals surface area contributed by atoms with Crippen molar-refractivity contribution in [2.45, 2.75) is 43.1 Å². The molecule has 1 fully saturated rings. The number of nitrogens with one attached hydrogen (secondary N) is 1. The molecule has 5 heteroatoms. The third-order valence-electron chi connectivity index (χ3n) is 5.28. The maximum atomic E-state index is 4.43. The molecule has 0 aliphatic carbocycles. The van der Waals surface area contributed by atoms with E-state index in [0.29, 0.717) is 5.54 Å². The van der Waals surface area contributed by atoms with E-state index in [1.54, 1.807) is 12.4 Å². The first-order chi connectivity index (χ1) is 13.2. The molecule has 1 N–H and O–H groups in total. The van der Waals surface area contributed by atoms with Gasteiger partial charge in [-0.05, 0) is 30.6 Å². The Hall–Kier alpha value is -2.16. The molecular formula is C22H32N4Si. The number of aromatic nitrogens is 2. The topological polar surface area (TPSA) is 41.0 Å². The molecule has 2 rings (SSSR count). The van der Waals surface area contributed by atoms with E-state index in [1.165, 1.54) is 0 Å². The first-order valence-electron chi connectivity index (χ1n) is 9.79. The molecule has 0 saturated carbocycles. The van der Waals surface area contributed by atoms with Gasteiger partial charge >= 0.3 is 0 Å². The van der Waals surface area contributed by atoms with Crippen molar-refractivity contribution in [2.24, 2.45) is 0 Å². The molecule has 144 valence electrons. The van der Waals surface area contributed by atoms with Crippen LogP contribution in [0.2, 0.25) is 23.7 Å². The zero-order valence-corrected chi connectivity index (χ0v) is 17.5. The molecule has 0 spiro atoms. The fourth-order valence-corrected chi connectivity index (χ4v) is 8.27. The Morgan fingerprint density at radius 3 is 2.41 bits per heavy atom. The average Bonchev–Trinajstić information content (AvgIpc) is 2.70. The van der Waals surface area contributed by atoms with Crippen LogP contribution in [0.15, 0.2) is 56.4 Å². The van der Waals surface area contributed by atoms with Crippen LogP contribution in [0.5, 0.6) is 0 Å². The van der Waals surface area contributed by atoms with Gasteiger partial charge in [-0.2, -0.15) is 0 Å². The lowest BCUT2D eigenvalue weighted by atomic mass is 10.2. The lowest BCUT2D eigenvalue weighted by Gasteiger charge is -2.35. The largest absolute Gasteiger partial charge is 0.324 e. The van der Waals surface area contributed by atoms with E-state index in [1.807, 2.05) is 6.07 Å². The molecule has 2 heterocycles. The van der Waals surface area contributed by atoms with Crippen molar-refractivity contribution >= 4 is 14.0 Å². The quantitative estimate of drug-likeness (QED) is 0.399. The molecule has 0 amide bonds. The Morgan fingerprint density at radius 1 is 1.22 bits per heavy atom. The van der Waals surface area contributed by atoms with Crippen LogP contribution < -0.4 is 10.2 Å². The van der Waals surface area contributed by atoms with E-state index in [9.17, 15) is 0 Å². The van der Waals surface area contributed by atoms with Gasteiger partial charge in [0.1, 0.15) is 6.04 Å². The van der Waals surface area contributed by atoms with Crippen LogP contribution >= 0.6 is 0 Å². The van der Waals surface area contributed by atoms with Crippen molar-refractivity contribution < 1.29 is 0 Å². The molecule has 1 aliphatic heterocycles. The van der Waals surface area contributed by atoms with Crippen molar-refractivity contribution in [3.05, 3.63) is 56.4 Å². The van der Waals surface area contributed by atoms with E-state index >= 15 is 0 Å². The highest BCUT2D eigenvalue weighted by Crippen LogP contribution is 2.37. The third-order valence-corrected chi connectivity index (χ3v) is 10.6. The summed E-state index contributed by atoms with van der Waals surface area (Å²) in [6, 6.07) is 5.09. The van der Waals surface area contributed by atoms with Crippen molar-refractivity contribution in [2.75, 3.05) is 24.5 Å². The second kappa shape index (κ2) is 10.9. The van der Waals surface area contributed by atoms with Crippen molar-refractivity contribution in [3.63, 3.8) is 0 Å². The number of hydrogen-bond donors (Lipinski definition) is 1. The van der Waals surface area contributed by atoms with E-state index in [-0.39, 0.29) is 6.04 Å². The highest BCUT2D eigenvalue weighted by molar-refractivity contribution is 6.83. The second-order valence-corrected chi connectivity index (χ2v) is 11.7. The first kappa shape index (κ1) is 21.1. The van der Waals surface area contributed by atoms with Crippen molar-refractivity contribution in [3.8, 4) is 11.8 Å². The standard InChI is InChI=1S/C22H32N4Si/c1-5-16-27(17-6-2,18-7-3)21(8-4)11-10-20-19-23-14-15-26(20)22-24-12-9-13-25-22/h5-7,9,12-13,20-21,23H,1-3,8,14-19H2,4H3. The van der Waals surface area contributed by atoms with E-state index in [2.05, 4.69) is 76.9 Å². The van der Waals surface area contributed by atoms with Gasteiger partial charge in [0.2, 0.25) is 5.95 Å². The number of allylic oxidation sites excluding steroid dienone is 3. The lowest BCUT2D eigenvalue weighted by Crippen LogP contribution is -2.51. The van der Waals surface area contributed by atoms with Crippen LogP contribution in [0, 0.1) is 11.8 Å². The monoisotopic (exact) mass is 380 g/mol. The Bertz CT molecular complexity index is 650. The van der Waals surface area contributed by atoms with E-state index in [4.69, 9.17) is 0 Å². The Labute approximate surface area is 165 Å². The van der Waals surface area contributed by atoms with Crippen molar-refractivity contribution in [1.29, 1.82) is 0 Å². The van der Waals surface area contributed by atoms with Crippen LogP contribution in [-0.2, 0) is 0 Å². The fraction of sp³-hybridized carbons (Fsp3) is 0.455. The minimum Gasteiger partial charge on any atom is -0.324 e. The number of nitrogens with zero attached hydrogens (tertiary/aromatic N) is 3. The third kappa shape index (κ3) is 5.41. The van der Waals surface area contributed by atoms with Gasteiger partial charge in [0, 0.05) is 37.6 Å².